The molecule has 2 aromatic carbocycles. The van der Waals surface area contributed by atoms with E-state index in [0.717, 1.165) is 11.3 Å². The van der Waals surface area contributed by atoms with Gasteiger partial charge in [-0.1, -0.05) is 53.3 Å². The minimum atomic E-state index is -0.839. The largest absolute Gasteiger partial charge is 0.466 e. The molecule has 0 bridgehead atoms. The van der Waals surface area contributed by atoms with Gasteiger partial charge in [0.15, 0.2) is 4.80 Å². The maximum absolute atomic E-state index is 13.9. The van der Waals surface area contributed by atoms with Gasteiger partial charge in [-0.25, -0.2) is 9.79 Å². The Morgan fingerprint density at radius 2 is 1.83 bits per heavy atom. The number of nitrogens with zero attached hydrogens (tertiary/aromatic N) is 3. The lowest BCUT2D eigenvalue weighted by Crippen LogP contribution is -2.41. The van der Waals surface area contributed by atoms with Crippen LogP contribution in [0.25, 0.3) is 5.57 Å². The molecule has 182 valence electrons. The molecule has 11 heteroatoms. The second-order valence-corrected chi connectivity index (χ2v) is 9.61. The topological polar surface area (TPSA) is 124 Å². The van der Waals surface area contributed by atoms with Gasteiger partial charge in [-0.05, 0) is 30.7 Å². The van der Waals surface area contributed by atoms with Gasteiger partial charge >= 0.3 is 5.97 Å². The van der Waals surface area contributed by atoms with Crippen molar-refractivity contribution < 1.29 is 19.1 Å². The third kappa shape index (κ3) is 3.66. The standard InChI is InChI=1S/C25H19ClN4O5S/c1-12-18(24(34)35-2)20(13-7-9-14(26)10-8-13)30-23(33)21(36-25(30)28-12)19-15-5-3-4-6-16(15)29(22(19)32)11-17(27)31/h3-10,20H,11H2,1-2H3,(H2,27,31)/b21-19+/t20-/m0/s1. The summed E-state index contributed by atoms with van der Waals surface area (Å²) in [4.78, 5) is 57.9. The van der Waals surface area contributed by atoms with E-state index >= 15 is 0 Å². The minimum Gasteiger partial charge on any atom is -0.466 e. The number of rotatable bonds is 4. The number of esters is 1. The van der Waals surface area contributed by atoms with Gasteiger partial charge in [0.2, 0.25) is 5.91 Å². The molecule has 3 heterocycles. The van der Waals surface area contributed by atoms with Gasteiger partial charge in [0.1, 0.15) is 11.1 Å². The summed E-state index contributed by atoms with van der Waals surface area (Å²) in [7, 11) is 1.26. The zero-order valence-corrected chi connectivity index (χ0v) is 20.7. The summed E-state index contributed by atoms with van der Waals surface area (Å²) in [5.74, 6) is -1.81. The van der Waals surface area contributed by atoms with E-state index in [2.05, 4.69) is 4.99 Å². The number of carbonyl (C=O) groups excluding carboxylic acids is 3. The van der Waals surface area contributed by atoms with E-state index < -0.39 is 29.4 Å². The average molecular weight is 523 g/mol. The Kier molecular flexibility index (Phi) is 5.85. The molecule has 2 aliphatic rings. The summed E-state index contributed by atoms with van der Waals surface area (Å²) < 4.78 is 6.55. The predicted octanol–water partition coefficient (Wildman–Crippen LogP) is 1.26. The highest BCUT2D eigenvalue weighted by Crippen LogP contribution is 2.35. The number of anilines is 1. The van der Waals surface area contributed by atoms with Crippen molar-refractivity contribution >= 4 is 52.0 Å². The summed E-state index contributed by atoms with van der Waals surface area (Å²) in [5, 5.41) is 0.497. The van der Waals surface area contributed by atoms with E-state index in [9.17, 15) is 19.2 Å². The van der Waals surface area contributed by atoms with Crippen LogP contribution in [0.15, 0.2) is 69.6 Å². The van der Waals surface area contributed by atoms with Crippen molar-refractivity contribution in [2.24, 2.45) is 10.7 Å². The molecule has 5 rings (SSSR count). The van der Waals surface area contributed by atoms with Crippen LogP contribution in [0.1, 0.15) is 24.1 Å². The number of hydrogen-bond donors (Lipinski definition) is 1. The first kappa shape index (κ1) is 23.7. The van der Waals surface area contributed by atoms with Crippen LogP contribution in [0.3, 0.4) is 0 Å². The van der Waals surface area contributed by atoms with Gasteiger partial charge in [0.05, 0.1) is 35.7 Å². The van der Waals surface area contributed by atoms with E-state index in [1.54, 1.807) is 55.5 Å². The molecule has 0 saturated heterocycles. The molecule has 0 unspecified atom stereocenters. The van der Waals surface area contributed by atoms with Crippen LogP contribution in [0, 0.1) is 0 Å². The maximum Gasteiger partial charge on any atom is 0.338 e. The van der Waals surface area contributed by atoms with Crippen molar-refractivity contribution in [2.75, 3.05) is 18.6 Å². The van der Waals surface area contributed by atoms with E-state index in [1.165, 1.54) is 16.6 Å². The number of para-hydroxylation sites is 1. The van der Waals surface area contributed by atoms with Gasteiger partial charge < -0.3 is 10.5 Å². The number of fused-ring (bicyclic) bond motifs is 2. The number of hydrogen-bond acceptors (Lipinski definition) is 7. The molecule has 1 aromatic heterocycles. The van der Waals surface area contributed by atoms with Crippen molar-refractivity contribution in [3.05, 3.63) is 95.6 Å². The number of primary amides is 1. The van der Waals surface area contributed by atoms with Gasteiger partial charge in [-0.3, -0.25) is 23.9 Å². The van der Waals surface area contributed by atoms with E-state index in [1.807, 2.05) is 0 Å². The Bertz CT molecular complexity index is 1670. The molecule has 9 nitrogen and oxygen atoms in total. The normalized spacial score (nSPS) is 18.0. The zero-order chi connectivity index (χ0) is 25.7. The fourth-order valence-corrected chi connectivity index (χ4v) is 5.78. The number of methoxy groups -OCH3 is 1. The van der Waals surface area contributed by atoms with Crippen molar-refractivity contribution in [3.63, 3.8) is 0 Å². The summed E-state index contributed by atoms with van der Waals surface area (Å²) in [6.45, 7) is 1.34. The molecule has 1 atom stereocenters. The third-order valence-corrected chi connectivity index (χ3v) is 7.36. The van der Waals surface area contributed by atoms with Crippen LogP contribution >= 0.6 is 22.9 Å². The number of nitrogens with two attached hydrogens (primary N) is 1. The van der Waals surface area contributed by atoms with Crippen molar-refractivity contribution in [1.29, 1.82) is 0 Å². The highest BCUT2D eigenvalue weighted by molar-refractivity contribution is 7.07. The van der Waals surface area contributed by atoms with Gasteiger partial charge in [-0.2, -0.15) is 0 Å². The maximum atomic E-state index is 13.9. The monoisotopic (exact) mass is 522 g/mol. The third-order valence-electron chi connectivity index (χ3n) is 6.05. The van der Waals surface area contributed by atoms with Crippen LogP contribution in [0.4, 0.5) is 5.69 Å². The first-order valence-corrected chi connectivity index (χ1v) is 12.0. The first-order valence-electron chi connectivity index (χ1n) is 10.8. The molecule has 2 aliphatic heterocycles. The molecule has 2 amide bonds. The molecule has 2 N–H and O–H groups in total. The summed E-state index contributed by atoms with van der Waals surface area (Å²) in [6.07, 6.45) is 0. The van der Waals surface area contributed by atoms with Crippen molar-refractivity contribution in [1.82, 2.24) is 4.57 Å². The lowest BCUT2D eigenvalue weighted by atomic mass is 9.96. The summed E-state index contributed by atoms with van der Waals surface area (Å²) in [6, 6.07) is 12.8. The number of halogens is 1. The SMILES string of the molecule is COC(=O)C1=C(C)N=c2s/c(=C3/C(=O)N(CC(N)=O)c4ccccc43)c(=O)n2[C@H]1c1ccc(Cl)cc1. The smallest absolute Gasteiger partial charge is 0.338 e. The fourth-order valence-electron chi connectivity index (χ4n) is 4.52. The Labute approximate surface area is 213 Å². The van der Waals surface area contributed by atoms with E-state index in [0.29, 0.717) is 32.3 Å². The van der Waals surface area contributed by atoms with Crippen LogP contribution in [0.2, 0.25) is 5.02 Å². The van der Waals surface area contributed by atoms with Gasteiger partial charge in [0.25, 0.3) is 11.5 Å². The van der Waals surface area contributed by atoms with Crippen LogP contribution < -0.4 is 25.5 Å². The quantitative estimate of drug-likeness (QED) is 0.517. The highest BCUT2D eigenvalue weighted by atomic mass is 35.5. The number of amides is 2. The molecular formula is C25H19ClN4O5S. The van der Waals surface area contributed by atoms with E-state index in [-0.39, 0.29) is 22.2 Å². The molecule has 0 spiro atoms. The Morgan fingerprint density at radius 1 is 1.14 bits per heavy atom. The van der Waals surface area contributed by atoms with E-state index in [4.69, 9.17) is 22.1 Å². The van der Waals surface area contributed by atoms with Gasteiger partial charge in [-0.15, -0.1) is 0 Å². The Hall–Kier alpha value is -4.02. The van der Waals surface area contributed by atoms with Crippen molar-refractivity contribution in [3.8, 4) is 0 Å². The second-order valence-electron chi connectivity index (χ2n) is 8.20. The van der Waals surface area contributed by atoms with Crippen LogP contribution in [-0.4, -0.2) is 36.0 Å². The molecular weight excluding hydrogens is 504 g/mol. The number of thiazole rings is 1. The first-order chi connectivity index (χ1) is 17.2. The Morgan fingerprint density at radius 3 is 2.50 bits per heavy atom. The summed E-state index contributed by atoms with van der Waals surface area (Å²) in [5.41, 5.74) is 7.27. The number of carbonyl (C=O) groups is 3. The fraction of sp³-hybridized carbons (Fsp3) is 0.160. The molecule has 0 radical (unpaired) electrons. The van der Waals surface area contributed by atoms with Crippen LogP contribution in [-0.2, 0) is 19.1 Å². The number of aromatic nitrogens is 1. The minimum absolute atomic E-state index is 0.149. The Balaban J connectivity index is 1.82. The predicted molar refractivity (Wildman–Crippen MR) is 134 cm³/mol. The molecule has 0 aliphatic carbocycles. The molecule has 0 fully saturated rings. The van der Waals surface area contributed by atoms with Crippen molar-refractivity contribution in [2.45, 2.75) is 13.0 Å². The number of allylic oxidation sites excluding steroid dienone is 1. The molecule has 36 heavy (non-hydrogen) atoms. The van der Waals surface area contributed by atoms with Gasteiger partial charge in [0, 0.05) is 10.6 Å². The number of ether oxygens (including phenoxy) is 1. The van der Waals surface area contributed by atoms with Crippen LogP contribution in [0.5, 0.6) is 0 Å². The molecule has 3 aromatic rings. The zero-order valence-electron chi connectivity index (χ0n) is 19.1. The highest BCUT2D eigenvalue weighted by Gasteiger charge is 2.37. The molecule has 0 saturated carbocycles. The average Bonchev–Trinajstić information content (AvgIpc) is 3.31. The summed E-state index contributed by atoms with van der Waals surface area (Å²) >= 11 is 7.12. The second kappa shape index (κ2) is 8.89. The lowest BCUT2D eigenvalue weighted by molar-refractivity contribution is -0.136. The lowest BCUT2D eigenvalue weighted by Gasteiger charge is -2.24. The number of benzene rings is 2.